The van der Waals surface area contributed by atoms with Crippen LogP contribution in [0.15, 0.2) is 36.4 Å². The van der Waals surface area contributed by atoms with E-state index in [4.69, 9.17) is 26.6 Å². The van der Waals surface area contributed by atoms with Crippen LogP contribution in [-0.2, 0) is 9.53 Å². The highest BCUT2D eigenvalue weighted by molar-refractivity contribution is 6.31. The van der Waals surface area contributed by atoms with Crippen molar-refractivity contribution >= 4 is 39.4 Å². The van der Waals surface area contributed by atoms with Crippen LogP contribution in [-0.4, -0.2) is 40.5 Å². The maximum atomic E-state index is 12.2. The molecule has 1 unspecified atom stereocenters. The first-order valence-electron chi connectivity index (χ1n) is 7.66. The van der Waals surface area contributed by atoms with E-state index in [1.807, 2.05) is 36.4 Å². The smallest absolute Gasteiger partial charge is 0.313 e. The number of H-pyrrole nitrogens is 1. The van der Waals surface area contributed by atoms with Gasteiger partial charge < -0.3 is 19.9 Å². The zero-order valence-electron chi connectivity index (χ0n) is 13.1. The molecule has 24 heavy (non-hydrogen) atoms. The van der Waals surface area contributed by atoms with Crippen LogP contribution in [0, 0.1) is 0 Å². The number of aromatic nitrogens is 1. The van der Waals surface area contributed by atoms with Crippen molar-refractivity contribution in [2.75, 3.05) is 13.2 Å². The van der Waals surface area contributed by atoms with Gasteiger partial charge in [-0.05, 0) is 36.8 Å². The van der Waals surface area contributed by atoms with Crippen molar-refractivity contribution < 1.29 is 19.7 Å². The van der Waals surface area contributed by atoms with Gasteiger partial charge in [-0.2, -0.15) is 0 Å². The van der Waals surface area contributed by atoms with Gasteiger partial charge in [0.05, 0.1) is 19.1 Å². The first-order valence-corrected chi connectivity index (χ1v) is 8.04. The van der Waals surface area contributed by atoms with Gasteiger partial charge in [-0.25, -0.2) is 0 Å². The molecule has 0 saturated heterocycles. The fourth-order valence-corrected chi connectivity index (χ4v) is 2.87. The zero-order valence-corrected chi connectivity index (χ0v) is 13.9. The molecule has 1 heterocycles. The summed E-state index contributed by atoms with van der Waals surface area (Å²) in [5.41, 5.74) is 2.67. The second kappa shape index (κ2) is 6.81. The first-order chi connectivity index (χ1) is 11.5. The largest absolute Gasteiger partial charge is 0.457 e. The van der Waals surface area contributed by atoms with E-state index < -0.39 is 31.2 Å². The van der Waals surface area contributed by atoms with Gasteiger partial charge in [-0.3, -0.25) is 4.79 Å². The monoisotopic (exact) mass is 347 g/mol. The normalized spacial score (nSPS) is 12.9. The molecule has 3 aromatic rings. The molecule has 3 N–H and O–H groups in total. The van der Waals surface area contributed by atoms with Gasteiger partial charge in [0.2, 0.25) is 0 Å². The van der Waals surface area contributed by atoms with E-state index in [1.165, 1.54) is 0 Å². The summed E-state index contributed by atoms with van der Waals surface area (Å²) in [7, 11) is 0. The average molecular weight is 348 g/mol. The molecule has 0 spiro atoms. The first kappa shape index (κ1) is 16.8. The van der Waals surface area contributed by atoms with E-state index >= 15 is 0 Å². The summed E-state index contributed by atoms with van der Waals surface area (Å²) in [6.45, 7) is 0.919. The minimum absolute atomic E-state index is 0.406. The van der Waals surface area contributed by atoms with Gasteiger partial charge in [0.15, 0.2) is 0 Å². The molecule has 0 aliphatic carbocycles. The van der Waals surface area contributed by atoms with Crippen LogP contribution >= 0.6 is 11.6 Å². The molecule has 0 aliphatic rings. The predicted molar refractivity (Wildman–Crippen MR) is 93.3 cm³/mol. The van der Waals surface area contributed by atoms with Gasteiger partial charge >= 0.3 is 5.97 Å². The van der Waals surface area contributed by atoms with E-state index in [1.54, 1.807) is 6.92 Å². The van der Waals surface area contributed by atoms with Crippen molar-refractivity contribution in [1.82, 2.24) is 4.98 Å². The molecule has 0 amide bonds. The number of esters is 1. The number of aliphatic hydroxyl groups excluding tert-OH is 2. The highest BCUT2D eigenvalue weighted by Gasteiger charge is 2.21. The number of nitrogens with one attached hydrogen (secondary N) is 1. The van der Waals surface area contributed by atoms with Crippen LogP contribution in [0.5, 0.6) is 0 Å². The third-order valence-electron chi connectivity index (χ3n) is 4.13. The predicted octanol–water partition coefficient (Wildman–Crippen LogP) is 2.97. The highest BCUT2D eigenvalue weighted by atomic mass is 35.5. The molecule has 1 aromatic heterocycles. The molecule has 126 valence electrons. The average Bonchev–Trinajstić information content (AvgIpc) is 2.95. The molecule has 0 radical (unpaired) electrons. The fraction of sp³-hybridized carbons (Fsp3) is 0.278. The summed E-state index contributed by atoms with van der Waals surface area (Å²) in [5, 5.41) is 20.8. The molecule has 2 aromatic carbocycles. The molecule has 0 aliphatic heterocycles. The molecule has 6 heteroatoms. The quantitative estimate of drug-likeness (QED) is 0.620. The van der Waals surface area contributed by atoms with E-state index in [0.29, 0.717) is 5.02 Å². The van der Waals surface area contributed by atoms with Gasteiger partial charge in [-0.1, -0.05) is 23.7 Å². The zero-order chi connectivity index (χ0) is 17.3. The third-order valence-corrected chi connectivity index (χ3v) is 4.36. The van der Waals surface area contributed by atoms with Crippen LogP contribution in [0.2, 0.25) is 5.02 Å². The van der Waals surface area contributed by atoms with Crippen molar-refractivity contribution in [2.24, 2.45) is 0 Å². The summed E-state index contributed by atoms with van der Waals surface area (Å²) < 4.78 is 5.09. The maximum absolute atomic E-state index is 12.2. The Morgan fingerprint density at radius 1 is 1.12 bits per heavy atom. The standard InChI is InChI=1S/C18H18ClNO4/c1-10(18(23)24-13(8-21)9-22)11-2-4-14-15-7-12(19)3-5-16(15)20-17(14)6-11/h2-7,10,13,20-22H,8-9H2,1H3. The van der Waals surface area contributed by atoms with Crippen LogP contribution in [0.25, 0.3) is 21.8 Å². The lowest BCUT2D eigenvalue weighted by Crippen LogP contribution is -2.27. The molecule has 0 fully saturated rings. The Morgan fingerprint density at radius 2 is 1.88 bits per heavy atom. The molecule has 5 nitrogen and oxygen atoms in total. The summed E-state index contributed by atoms with van der Waals surface area (Å²) in [6, 6.07) is 11.4. The number of carbonyl (C=O) groups is 1. The Hall–Kier alpha value is -2.08. The Bertz CT molecular complexity index is 885. The molecular formula is C18H18ClNO4. The number of ether oxygens (including phenoxy) is 1. The van der Waals surface area contributed by atoms with Crippen LogP contribution in [0.4, 0.5) is 0 Å². The van der Waals surface area contributed by atoms with Crippen LogP contribution < -0.4 is 0 Å². The van der Waals surface area contributed by atoms with Gasteiger partial charge in [0, 0.05) is 26.8 Å². The number of aliphatic hydroxyl groups is 2. The topological polar surface area (TPSA) is 82.6 Å². The fourth-order valence-electron chi connectivity index (χ4n) is 2.70. The Kier molecular flexibility index (Phi) is 4.76. The van der Waals surface area contributed by atoms with E-state index in [9.17, 15) is 4.79 Å². The molecule has 3 rings (SSSR count). The van der Waals surface area contributed by atoms with Crippen molar-refractivity contribution in [2.45, 2.75) is 18.9 Å². The minimum atomic E-state index is -0.890. The number of halogens is 1. The number of hydrogen-bond donors (Lipinski definition) is 3. The molecule has 0 saturated carbocycles. The summed E-state index contributed by atoms with van der Waals surface area (Å²) in [6.07, 6.45) is -0.890. The lowest BCUT2D eigenvalue weighted by molar-refractivity contribution is -0.154. The van der Waals surface area contributed by atoms with Crippen molar-refractivity contribution in [3.8, 4) is 0 Å². The summed E-state index contributed by atoms with van der Waals surface area (Å²) >= 11 is 6.06. The van der Waals surface area contributed by atoms with Gasteiger partial charge in [-0.15, -0.1) is 0 Å². The minimum Gasteiger partial charge on any atom is -0.457 e. The number of rotatable bonds is 5. The third kappa shape index (κ3) is 3.11. The maximum Gasteiger partial charge on any atom is 0.313 e. The summed E-state index contributed by atoms with van der Waals surface area (Å²) in [4.78, 5) is 15.5. The van der Waals surface area contributed by atoms with Crippen molar-refractivity contribution in [1.29, 1.82) is 0 Å². The second-order valence-electron chi connectivity index (χ2n) is 5.77. The molecule has 0 bridgehead atoms. The Labute approximate surface area is 143 Å². The van der Waals surface area contributed by atoms with E-state index in [0.717, 1.165) is 27.4 Å². The number of hydrogen-bond acceptors (Lipinski definition) is 4. The SMILES string of the molecule is CC(C(=O)OC(CO)CO)c1ccc2c(c1)[nH]c1ccc(Cl)cc12. The van der Waals surface area contributed by atoms with Crippen LogP contribution in [0.3, 0.4) is 0 Å². The lowest BCUT2D eigenvalue weighted by atomic mass is 9.99. The van der Waals surface area contributed by atoms with Gasteiger partial charge in [0.1, 0.15) is 6.10 Å². The van der Waals surface area contributed by atoms with Crippen molar-refractivity contribution in [3.05, 3.63) is 47.0 Å². The number of fused-ring (bicyclic) bond motifs is 3. The molecular weight excluding hydrogens is 330 g/mol. The van der Waals surface area contributed by atoms with Crippen molar-refractivity contribution in [3.63, 3.8) is 0 Å². The Balaban J connectivity index is 1.92. The number of benzene rings is 2. The van der Waals surface area contributed by atoms with Gasteiger partial charge in [0.25, 0.3) is 0 Å². The van der Waals surface area contributed by atoms with E-state index in [2.05, 4.69) is 4.98 Å². The lowest BCUT2D eigenvalue weighted by Gasteiger charge is -2.17. The second-order valence-corrected chi connectivity index (χ2v) is 6.20. The summed E-state index contributed by atoms with van der Waals surface area (Å²) in [5.74, 6) is -0.994. The Morgan fingerprint density at radius 3 is 2.58 bits per heavy atom. The highest BCUT2D eigenvalue weighted by Crippen LogP contribution is 2.30. The molecule has 1 atom stereocenters. The van der Waals surface area contributed by atoms with E-state index in [-0.39, 0.29) is 0 Å². The van der Waals surface area contributed by atoms with Crippen LogP contribution in [0.1, 0.15) is 18.4 Å². The number of aromatic amines is 1. The number of carbonyl (C=O) groups excluding carboxylic acids is 1.